The van der Waals surface area contributed by atoms with Crippen LogP contribution in [0.5, 0.6) is 0 Å². The molecule has 2 aromatic carbocycles. The summed E-state index contributed by atoms with van der Waals surface area (Å²) in [6.45, 7) is 3.26. The number of likely N-dealkylation sites (N-methyl/N-ethyl adjacent to an activating group) is 1. The first-order valence-electron chi connectivity index (χ1n) is 9.96. The van der Waals surface area contributed by atoms with Crippen molar-refractivity contribution < 1.29 is 18.0 Å². The summed E-state index contributed by atoms with van der Waals surface area (Å²) in [5.41, 5.74) is 1.65. The van der Waals surface area contributed by atoms with Crippen LogP contribution >= 0.6 is 0 Å². The van der Waals surface area contributed by atoms with Crippen LogP contribution in [0.2, 0.25) is 0 Å². The number of amides is 2. The third-order valence-electron chi connectivity index (χ3n) is 4.77. The van der Waals surface area contributed by atoms with Crippen LogP contribution in [0.15, 0.2) is 59.5 Å². The number of carbonyl (C=O) groups excluding carboxylic acids is 2. The Hall–Kier alpha value is -2.75. The number of rotatable bonds is 10. The number of anilines is 1. The molecular weight excluding hydrogens is 416 g/mol. The van der Waals surface area contributed by atoms with E-state index >= 15 is 0 Å². The van der Waals surface area contributed by atoms with Gasteiger partial charge in [-0.1, -0.05) is 30.3 Å². The molecule has 1 unspecified atom stereocenters. The van der Waals surface area contributed by atoms with Crippen LogP contribution in [0.4, 0.5) is 5.69 Å². The quantitative estimate of drug-likeness (QED) is 0.514. The molecule has 31 heavy (non-hydrogen) atoms. The highest BCUT2D eigenvalue weighted by molar-refractivity contribution is 7.89. The first-order chi connectivity index (χ1) is 14.6. The molecule has 9 heteroatoms. The molecule has 0 saturated carbocycles. The van der Waals surface area contributed by atoms with Crippen LogP contribution in [-0.4, -0.2) is 57.9 Å². The molecule has 2 aromatic rings. The Balaban J connectivity index is 1.94. The van der Waals surface area contributed by atoms with E-state index in [0.29, 0.717) is 12.2 Å². The second-order valence-corrected chi connectivity index (χ2v) is 9.31. The number of carbonyl (C=O) groups is 2. The van der Waals surface area contributed by atoms with Gasteiger partial charge in [0.1, 0.15) is 0 Å². The summed E-state index contributed by atoms with van der Waals surface area (Å²) in [5, 5.41) is 5.41. The summed E-state index contributed by atoms with van der Waals surface area (Å²) in [6.07, 6.45) is 0.759. The second kappa shape index (κ2) is 11.0. The number of nitrogens with one attached hydrogen (secondary N) is 3. The second-order valence-electron chi connectivity index (χ2n) is 7.60. The summed E-state index contributed by atoms with van der Waals surface area (Å²) >= 11 is 0. The zero-order valence-corrected chi connectivity index (χ0v) is 19.1. The molecule has 3 N–H and O–H groups in total. The van der Waals surface area contributed by atoms with Gasteiger partial charge in [-0.25, -0.2) is 8.42 Å². The lowest BCUT2D eigenvalue weighted by molar-refractivity contribution is -0.122. The molecule has 168 valence electrons. The maximum absolute atomic E-state index is 12.6. The van der Waals surface area contributed by atoms with E-state index in [1.165, 1.54) is 38.1 Å². The highest BCUT2D eigenvalue weighted by Crippen LogP contribution is 2.14. The van der Waals surface area contributed by atoms with E-state index in [4.69, 9.17) is 0 Å². The van der Waals surface area contributed by atoms with Crippen LogP contribution in [0.3, 0.4) is 0 Å². The van der Waals surface area contributed by atoms with E-state index in [0.717, 1.165) is 12.0 Å². The minimum atomic E-state index is -3.89. The number of hydrogen-bond donors (Lipinski definition) is 3. The van der Waals surface area contributed by atoms with Gasteiger partial charge in [0.15, 0.2) is 0 Å². The predicted molar refractivity (Wildman–Crippen MR) is 121 cm³/mol. The SMILES string of the molecule is CC(=O)Nc1ccc(S(=O)(=O)N[C@@H](C)C(=O)NCC(Cc2ccccc2)N(C)C)cc1. The molecule has 0 aliphatic heterocycles. The van der Waals surface area contributed by atoms with Gasteiger partial charge in [0.2, 0.25) is 21.8 Å². The van der Waals surface area contributed by atoms with Gasteiger partial charge in [-0.15, -0.1) is 0 Å². The molecule has 2 rings (SSSR count). The Morgan fingerprint density at radius 3 is 2.16 bits per heavy atom. The van der Waals surface area contributed by atoms with Crippen molar-refractivity contribution >= 4 is 27.5 Å². The monoisotopic (exact) mass is 446 g/mol. The van der Waals surface area contributed by atoms with Crippen LogP contribution in [0, 0.1) is 0 Å². The van der Waals surface area contributed by atoms with E-state index in [1.807, 2.05) is 49.3 Å². The first kappa shape index (κ1) is 24.5. The van der Waals surface area contributed by atoms with Crippen LogP contribution in [-0.2, 0) is 26.0 Å². The van der Waals surface area contributed by atoms with E-state index in [9.17, 15) is 18.0 Å². The molecule has 0 saturated heterocycles. The van der Waals surface area contributed by atoms with Crippen molar-refractivity contribution in [1.82, 2.24) is 14.9 Å². The molecule has 0 aliphatic rings. The van der Waals surface area contributed by atoms with Crippen molar-refractivity contribution in [2.45, 2.75) is 37.2 Å². The summed E-state index contributed by atoms with van der Waals surface area (Å²) in [7, 11) is -0.00516. The summed E-state index contributed by atoms with van der Waals surface area (Å²) in [5.74, 6) is -0.652. The third kappa shape index (κ3) is 7.78. The molecule has 0 aromatic heterocycles. The largest absolute Gasteiger partial charge is 0.353 e. The fourth-order valence-electron chi connectivity index (χ4n) is 2.97. The van der Waals surface area contributed by atoms with Crippen molar-refractivity contribution in [3.63, 3.8) is 0 Å². The Bertz CT molecular complexity index is 976. The van der Waals surface area contributed by atoms with Gasteiger partial charge in [0.05, 0.1) is 10.9 Å². The first-order valence-corrected chi connectivity index (χ1v) is 11.4. The number of benzene rings is 2. The number of nitrogens with zero attached hydrogens (tertiary/aromatic N) is 1. The lowest BCUT2D eigenvalue weighted by atomic mass is 10.1. The summed E-state index contributed by atoms with van der Waals surface area (Å²) in [6, 6.07) is 14.8. The fraction of sp³-hybridized carbons (Fsp3) is 0.364. The fourth-order valence-corrected chi connectivity index (χ4v) is 4.17. The van der Waals surface area contributed by atoms with Crippen molar-refractivity contribution in [2.24, 2.45) is 0 Å². The van der Waals surface area contributed by atoms with Crippen LogP contribution < -0.4 is 15.4 Å². The molecule has 0 spiro atoms. The lowest BCUT2D eigenvalue weighted by Crippen LogP contribution is -2.48. The van der Waals surface area contributed by atoms with Crippen LogP contribution in [0.1, 0.15) is 19.4 Å². The van der Waals surface area contributed by atoms with Crippen molar-refractivity contribution in [3.8, 4) is 0 Å². The van der Waals surface area contributed by atoms with E-state index < -0.39 is 22.0 Å². The Kier molecular flexibility index (Phi) is 8.73. The van der Waals surface area contributed by atoms with Gasteiger partial charge in [-0.3, -0.25) is 9.59 Å². The van der Waals surface area contributed by atoms with E-state index in [1.54, 1.807) is 0 Å². The standard InChI is InChI=1S/C22H30N4O4S/c1-16(25-31(29,30)21-12-10-19(11-13-21)24-17(2)27)22(28)23-15-20(26(3)4)14-18-8-6-5-7-9-18/h5-13,16,20,25H,14-15H2,1-4H3,(H,23,28)(H,24,27)/t16-,20?/m0/s1. The zero-order chi connectivity index (χ0) is 23.0. The molecule has 0 bridgehead atoms. The maximum atomic E-state index is 12.6. The molecule has 0 aliphatic carbocycles. The zero-order valence-electron chi connectivity index (χ0n) is 18.3. The van der Waals surface area contributed by atoms with E-state index in [-0.39, 0.29) is 16.8 Å². The average Bonchev–Trinajstić information content (AvgIpc) is 2.71. The van der Waals surface area contributed by atoms with Crippen molar-refractivity contribution in [2.75, 3.05) is 26.0 Å². The lowest BCUT2D eigenvalue weighted by Gasteiger charge is -2.25. The molecule has 0 fully saturated rings. The summed E-state index contributed by atoms with van der Waals surface area (Å²) < 4.78 is 27.6. The maximum Gasteiger partial charge on any atom is 0.241 e. The highest BCUT2D eigenvalue weighted by Gasteiger charge is 2.23. The molecule has 0 radical (unpaired) electrons. The van der Waals surface area contributed by atoms with Gasteiger partial charge in [-0.2, -0.15) is 4.72 Å². The van der Waals surface area contributed by atoms with Crippen LogP contribution in [0.25, 0.3) is 0 Å². The smallest absolute Gasteiger partial charge is 0.241 e. The van der Waals surface area contributed by atoms with E-state index in [2.05, 4.69) is 15.4 Å². The molecule has 2 amide bonds. The molecule has 8 nitrogen and oxygen atoms in total. The Morgan fingerprint density at radius 1 is 1.00 bits per heavy atom. The highest BCUT2D eigenvalue weighted by atomic mass is 32.2. The molecule has 0 heterocycles. The molecule has 2 atom stereocenters. The summed E-state index contributed by atoms with van der Waals surface area (Å²) in [4.78, 5) is 25.6. The van der Waals surface area contributed by atoms with Crippen molar-refractivity contribution in [3.05, 3.63) is 60.2 Å². The Morgan fingerprint density at radius 2 is 1.61 bits per heavy atom. The van der Waals surface area contributed by atoms with Gasteiger partial charge in [-0.05, 0) is 57.3 Å². The number of sulfonamides is 1. The minimum absolute atomic E-state index is 0.0106. The number of hydrogen-bond acceptors (Lipinski definition) is 5. The Labute approximate surface area is 184 Å². The topological polar surface area (TPSA) is 108 Å². The van der Waals surface area contributed by atoms with Gasteiger partial charge >= 0.3 is 0 Å². The predicted octanol–water partition coefficient (Wildman–Crippen LogP) is 1.60. The minimum Gasteiger partial charge on any atom is -0.353 e. The molecular formula is C22H30N4O4S. The average molecular weight is 447 g/mol. The third-order valence-corrected chi connectivity index (χ3v) is 6.32. The van der Waals surface area contributed by atoms with Crippen molar-refractivity contribution in [1.29, 1.82) is 0 Å². The van der Waals surface area contributed by atoms with Gasteiger partial charge in [0, 0.05) is 25.2 Å². The van der Waals surface area contributed by atoms with Gasteiger partial charge in [0.25, 0.3) is 0 Å². The normalized spacial score (nSPS) is 13.5. The van der Waals surface area contributed by atoms with Gasteiger partial charge < -0.3 is 15.5 Å².